The van der Waals surface area contributed by atoms with Gasteiger partial charge in [-0.2, -0.15) is 5.11 Å². The van der Waals surface area contributed by atoms with E-state index in [-0.39, 0.29) is 17.5 Å². The van der Waals surface area contributed by atoms with Crippen molar-refractivity contribution < 1.29 is 15.0 Å². The molecule has 4 aromatic carbocycles. The summed E-state index contributed by atoms with van der Waals surface area (Å²) in [5, 5.41) is 26.6. The van der Waals surface area contributed by atoms with Crippen LogP contribution in [0.5, 0.6) is 11.8 Å². The van der Waals surface area contributed by atoms with Gasteiger partial charge >= 0.3 is 0 Å². The molecule has 4 heterocycles. The Morgan fingerprint density at radius 3 is 1.78 bits per heavy atom. The highest BCUT2D eigenvalue weighted by atomic mass is 16.3. The molecule has 6 N–H and O–H groups in total. The molecule has 1 aliphatic rings. The summed E-state index contributed by atoms with van der Waals surface area (Å²) < 4.78 is 0. The maximum absolute atomic E-state index is 12.4. The molecule has 0 bridgehead atoms. The number of nitrogens with one attached hydrogen (secondary N) is 4. The van der Waals surface area contributed by atoms with E-state index in [1.54, 1.807) is 12.1 Å². The number of ketones is 1. The van der Waals surface area contributed by atoms with Gasteiger partial charge in [0.2, 0.25) is 5.78 Å². The van der Waals surface area contributed by atoms with Gasteiger partial charge in [0.25, 0.3) is 0 Å². The fraction of sp³-hybridized carbons (Fsp3) is 0. The van der Waals surface area contributed by atoms with E-state index in [9.17, 15) is 15.0 Å². The smallest absolute Gasteiger partial charge is 0.214 e. The zero-order chi connectivity index (χ0) is 28.1. The number of aromatic amines is 3. The molecule has 0 radical (unpaired) electrons. The predicted molar refractivity (Wildman–Crippen MR) is 159 cm³/mol. The van der Waals surface area contributed by atoms with Crippen LogP contribution in [-0.4, -0.2) is 36.7 Å². The average molecular weight is 539 g/mol. The van der Waals surface area contributed by atoms with Crippen molar-refractivity contribution in [2.45, 2.75) is 0 Å². The number of H-pyrrole nitrogens is 3. The van der Waals surface area contributed by atoms with Crippen molar-refractivity contribution in [2.75, 3.05) is 0 Å². The normalized spacial score (nSPS) is 12.4. The van der Waals surface area contributed by atoms with Crippen LogP contribution < -0.4 is 0 Å². The Bertz CT molecular complexity index is 2180. The molecule has 7 aromatic rings. The van der Waals surface area contributed by atoms with Crippen LogP contribution in [0.3, 0.4) is 0 Å². The van der Waals surface area contributed by atoms with Gasteiger partial charge < -0.3 is 25.2 Å². The van der Waals surface area contributed by atoms with Gasteiger partial charge in [-0.05, 0) is 30.3 Å². The highest BCUT2D eigenvalue weighted by Gasteiger charge is 2.29. The molecule has 1 aliphatic heterocycles. The number of aromatic nitrogens is 3. The van der Waals surface area contributed by atoms with Crippen LogP contribution in [-0.2, 0) is 0 Å². The largest absolute Gasteiger partial charge is 0.494 e. The van der Waals surface area contributed by atoms with Crippen LogP contribution in [0, 0.1) is 5.53 Å². The van der Waals surface area contributed by atoms with Crippen LogP contribution >= 0.6 is 0 Å². The number of fused-ring (bicyclic) bond motifs is 4. The van der Waals surface area contributed by atoms with Crippen molar-refractivity contribution in [3.05, 3.63) is 108 Å². The van der Waals surface area contributed by atoms with Crippen molar-refractivity contribution >= 4 is 55.6 Å². The molecule has 0 saturated heterocycles. The number of nitrogens with zero attached hydrogens (tertiary/aromatic N) is 2. The third kappa shape index (κ3) is 3.79. The van der Waals surface area contributed by atoms with Gasteiger partial charge in [0.1, 0.15) is 11.4 Å². The molecule has 198 valence electrons. The van der Waals surface area contributed by atoms with Crippen LogP contribution in [0.2, 0.25) is 0 Å². The maximum Gasteiger partial charge on any atom is 0.214 e. The average Bonchev–Trinajstić information content (AvgIpc) is 3.72. The van der Waals surface area contributed by atoms with E-state index < -0.39 is 0 Å². The van der Waals surface area contributed by atoms with Crippen molar-refractivity contribution in [2.24, 2.45) is 10.1 Å². The quantitative estimate of drug-likeness (QED) is 0.127. The number of Topliss-reactive ketones (excluding diaryl/α,β-unsaturated/α-hetero) is 1. The van der Waals surface area contributed by atoms with Crippen LogP contribution in [0.1, 0.15) is 15.9 Å². The molecule has 0 fully saturated rings. The molecule has 0 aliphatic carbocycles. The van der Waals surface area contributed by atoms with Gasteiger partial charge in [-0.1, -0.05) is 66.7 Å². The molecule has 0 unspecified atom stereocenters. The van der Waals surface area contributed by atoms with Crippen LogP contribution in [0.4, 0.5) is 11.4 Å². The Morgan fingerprint density at radius 2 is 1.15 bits per heavy atom. The molecule has 9 heteroatoms. The first-order chi connectivity index (χ1) is 20.0. The lowest BCUT2D eigenvalue weighted by molar-refractivity contribution is 0.107. The fourth-order valence-corrected chi connectivity index (χ4v) is 5.40. The monoisotopic (exact) mass is 538 g/mol. The molecule has 8 rings (SSSR count). The molecular formula is C32H22N6O3. The van der Waals surface area contributed by atoms with Gasteiger partial charge in [-0.25, -0.2) is 10.5 Å². The van der Waals surface area contributed by atoms with Gasteiger partial charge in [0, 0.05) is 38.3 Å². The number of carbonyl (C=O) groups is 1. The van der Waals surface area contributed by atoms with Gasteiger partial charge in [-0.3, -0.25) is 4.79 Å². The Balaban J connectivity index is 0.000000135. The van der Waals surface area contributed by atoms with Crippen LogP contribution in [0.25, 0.3) is 44.0 Å². The zero-order valence-electron chi connectivity index (χ0n) is 21.4. The second-order valence-electron chi connectivity index (χ2n) is 9.60. The predicted octanol–water partition coefficient (Wildman–Crippen LogP) is 7.87. The topological polar surface area (TPSA) is 153 Å². The van der Waals surface area contributed by atoms with E-state index in [1.807, 2.05) is 84.9 Å². The minimum Gasteiger partial charge on any atom is -0.494 e. The number of hydrogen-bond acceptors (Lipinski definition) is 6. The molecule has 0 spiro atoms. The Labute approximate surface area is 232 Å². The number of hydrogen-bond donors (Lipinski definition) is 6. The minimum atomic E-state index is -0.152. The zero-order valence-corrected chi connectivity index (χ0v) is 21.4. The minimum absolute atomic E-state index is 0.0221. The van der Waals surface area contributed by atoms with Gasteiger partial charge in [0.15, 0.2) is 11.8 Å². The summed E-state index contributed by atoms with van der Waals surface area (Å²) in [7, 11) is 0. The van der Waals surface area contributed by atoms with Crippen LogP contribution in [0.15, 0.2) is 107 Å². The number of aromatic hydroxyl groups is 2. The van der Waals surface area contributed by atoms with E-state index in [4.69, 9.17) is 5.53 Å². The Morgan fingerprint density at radius 1 is 0.634 bits per heavy atom. The van der Waals surface area contributed by atoms with Crippen molar-refractivity contribution in [1.82, 2.24) is 15.0 Å². The van der Waals surface area contributed by atoms with E-state index in [0.29, 0.717) is 39.5 Å². The number of carbonyl (C=O) groups excluding carboxylic acids is 1. The molecule has 41 heavy (non-hydrogen) atoms. The number of rotatable bonds is 3. The summed E-state index contributed by atoms with van der Waals surface area (Å²) in [6.45, 7) is 0. The van der Waals surface area contributed by atoms with Gasteiger partial charge in [-0.15, -0.1) is 0 Å². The second-order valence-corrected chi connectivity index (χ2v) is 9.60. The number of aliphatic imine (C=N–C) groups is 1. The summed E-state index contributed by atoms with van der Waals surface area (Å²) in [6, 6.07) is 30.0. The molecule has 0 atom stereocenters. The lowest BCUT2D eigenvalue weighted by Gasteiger charge is -1.99. The molecule has 3 aromatic heterocycles. The molecule has 0 saturated carbocycles. The lowest BCUT2D eigenvalue weighted by atomic mass is 10.0. The number of benzene rings is 4. The first-order valence-electron chi connectivity index (χ1n) is 12.9. The van der Waals surface area contributed by atoms with E-state index >= 15 is 0 Å². The van der Waals surface area contributed by atoms with Crippen molar-refractivity contribution in [3.8, 4) is 23.0 Å². The lowest BCUT2D eigenvalue weighted by Crippen LogP contribution is -2.10. The summed E-state index contributed by atoms with van der Waals surface area (Å²) >= 11 is 0. The summed E-state index contributed by atoms with van der Waals surface area (Å²) in [4.78, 5) is 25.9. The fourth-order valence-electron chi connectivity index (χ4n) is 5.40. The standard InChI is InChI=1S/C16H12N4O.C16H10N2O2/c17-20-14-10-6-2-4-8-12(10)18-15(14)13-9-5-1-3-7-11(9)19-16(13)21;19-15-10-6-2-4-8-12(10)17-14(15)13-9-5-1-3-7-11(9)18-16(13)20/h1-8,17-19,21H;1-8,18,20H. The summed E-state index contributed by atoms with van der Waals surface area (Å²) in [5.74, 6) is -0.0978. The number of para-hydroxylation sites is 4. The molecule has 0 amide bonds. The van der Waals surface area contributed by atoms with Crippen molar-refractivity contribution in [3.63, 3.8) is 0 Å². The van der Waals surface area contributed by atoms with E-state index in [2.05, 4.69) is 25.1 Å². The maximum atomic E-state index is 12.4. The first-order valence-corrected chi connectivity index (χ1v) is 12.9. The summed E-state index contributed by atoms with van der Waals surface area (Å²) in [6.07, 6.45) is 0. The molecule has 9 nitrogen and oxygen atoms in total. The van der Waals surface area contributed by atoms with Crippen molar-refractivity contribution in [1.29, 1.82) is 5.53 Å². The third-order valence-corrected chi connectivity index (χ3v) is 7.25. The highest BCUT2D eigenvalue weighted by Crippen LogP contribution is 2.44. The summed E-state index contributed by atoms with van der Waals surface area (Å²) in [5.41, 5.74) is 13.8. The first kappa shape index (κ1) is 24.1. The van der Waals surface area contributed by atoms with Gasteiger partial charge in [0.05, 0.1) is 22.5 Å². The second kappa shape index (κ2) is 9.35. The van der Waals surface area contributed by atoms with E-state index in [1.165, 1.54) is 0 Å². The third-order valence-electron chi connectivity index (χ3n) is 7.25. The Hall–Kier alpha value is -5.96. The Kier molecular flexibility index (Phi) is 5.50. The highest BCUT2D eigenvalue weighted by molar-refractivity contribution is 6.56. The molecular weight excluding hydrogens is 516 g/mol. The SMILES string of the molecule is N=Nc1c(-c2c(O)[nH]c3ccccc23)[nH]c2ccccc12.O=C1C(c2c(O)[nH]c3ccccc23)=Nc2ccccc21. The van der Waals surface area contributed by atoms with E-state index in [0.717, 1.165) is 32.7 Å².